The number of ketones is 2. The van der Waals surface area contributed by atoms with Crippen LogP contribution in [0.1, 0.15) is 239 Å². The molecule has 5 aromatic carbocycles. The first kappa shape index (κ1) is 115. The molecule has 5 aromatic rings. The third-order valence-electron chi connectivity index (χ3n) is 27.3. The molecule has 0 spiro atoms. The maximum absolute atomic E-state index is 15.4. The summed E-state index contributed by atoms with van der Waals surface area (Å²) in [6.45, 7) is 17.9. The molecule has 5 aliphatic rings. The Kier molecular flexibility index (Phi) is 41.4. The normalized spacial score (nSPS) is 21.5. The summed E-state index contributed by atoms with van der Waals surface area (Å²) in [5, 5.41) is 37.1. The fourth-order valence-electron chi connectivity index (χ4n) is 19.2. The Morgan fingerprint density at radius 2 is 1.21 bits per heavy atom. The number of Topliss-reactive ketones (excluding diaryl/α,β-unsaturated/α-hetero) is 2. The van der Waals surface area contributed by atoms with Crippen molar-refractivity contribution in [2.75, 3.05) is 51.2 Å². The summed E-state index contributed by atoms with van der Waals surface area (Å²) in [5.41, 5.74) is 10.5. The van der Waals surface area contributed by atoms with Crippen molar-refractivity contribution < 1.29 is 111 Å². The van der Waals surface area contributed by atoms with Gasteiger partial charge in [-0.25, -0.2) is 4.99 Å². The molecule has 10 rings (SSSR count). The van der Waals surface area contributed by atoms with Gasteiger partial charge < -0.3 is 67.5 Å². The molecule has 1 fully saturated rings. The lowest BCUT2D eigenvalue weighted by Gasteiger charge is -2.35. The summed E-state index contributed by atoms with van der Waals surface area (Å²) in [4.78, 5) is 180. The van der Waals surface area contributed by atoms with E-state index in [4.69, 9.17) is 15.9 Å². The number of carboxylic acid groups (broad SMARTS) is 1. The van der Waals surface area contributed by atoms with Gasteiger partial charge >= 0.3 is 5.97 Å². The van der Waals surface area contributed by atoms with Crippen molar-refractivity contribution in [2.45, 2.75) is 291 Å². The number of anilines is 1. The first-order chi connectivity index (χ1) is 69.0. The van der Waals surface area contributed by atoms with Crippen LogP contribution in [0.5, 0.6) is 5.75 Å². The number of ether oxygens (including phenoxy) is 1. The average Bonchev–Trinajstić information content (AvgIpc) is 1.59. The average molecular weight is 2080 g/mol. The standard InChI is InChI=1S/C106H140N14O23S3/c1-11-12-56-118-85-49-47-77(145(137,138)139)64-79(85)105(6,7)91(118)51-41-72-34-27-35-73(96(72)143-75-43-45-76(46-44-75)144(134,135)136)42-52-92-106(8,9)80-65-78(146(140,141)142)48-50-86(80)119(92)57-26-16-22-40-94(124)109-53-24-15-21-39-93(123)110-54-25-23-37-87-101(131)116-83(62-71-32-19-14-20-33-71)99(129)113-81(36-28-55-111-104(107)108)90(122)60-68(4)97(127)114-84(66-95(125)126)100(130)115-82(59-67(2)3)98(128)112-69(5)89(121)63-74(61-70-30-17-13-18-31-70)102(132)120-58-29-38-88(120)103(133)117(87)10/h13-14,17-20,30-33,41-52,64-65,67-69,74,81-83,87-88H,11-12,15-16,21-29,34-40,53-63,66H2,1-10H3,(H13-,107,108,109,110,111,112,113,115,116,123,124,125,126,128,129,130,131,134,135,136,137,138,139,140,141,142)/p+1/t68-,69+,74-,81+,82+,83+,87+,88-/m1/s1. The van der Waals surface area contributed by atoms with Crippen molar-refractivity contribution in [3.63, 3.8) is 0 Å². The van der Waals surface area contributed by atoms with Gasteiger partial charge in [0.25, 0.3) is 36.3 Å². The van der Waals surface area contributed by atoms with Crippen LogP contribution in [0.4, 0.5) is 11.4 Å². The van der Waals surface area contributed by atoms with Gasteiger partial charge in [0, 0.05) is 125 Å². The number of carboxylic acids is 1. The minimum absolute atomic E-state index is 0.0270. The number of carbonyl (C=O) groups is 12. The lowest BCUT2D eigenvalue weighted by molar-refractivity contribution is -0.438. The third-order valence-corrected chi connectivity index (χ3v) is 29.8. The fourth-order valence-corrected chi connectivity index (χ4v) is 20.7. The zero-order valence-electron chi connectivity index (χ0n) is 84.8. The number of nitrogens with one attached hydrogen (secondary N) is 8. The molecule has 8 atom stereocenters. The summed E-state index contributed by atoms with van der Waals surface area (Å²) in [5.74, 6) is -11.6. The molecule has 0 unspecified atom stereocenters. The van der Waals surface area contributed by atoms with Gasteiger partial charge in [0.15, 0.2) is 23.2 Å². The lowest BCUT2D eigenvalue weighted by Crippen LogP contribution is -2.58. The number of allylic oxidation sites excluding steroid dienone is 7. The fraction of sp³-hybridized carbons (Fsp3) is 0.500. The number of carbonyl (C=O) groups excluding carboxylic acids is 11. The zero-order chi connectivity index (χ0) is 107. The molecule has 4 aliphatic heterocycles. The van der Waals surface area contributed by atoms with Crippen molar-refractivity contribution in [1.29, 1.82) is 5.41 Å². The molecule has 790 valence electrons. The Morgan fingerprint density at radius 3 is 1.82 bits per heavy atom. The van der Waals surface area contributed by atoms with Crippen LogP contribution in [0.25, 0.3) is 0 Å². The molecule has 37 nitrogen and oxygen atoms in total. The monoisotopic (exact) mass is 2070 g/mol. The number of hydrogen-bond acceptors (Lipinski definition) is 21. The number of nitrogens with two attached hydrogens (primary N) is 1. The minimum atomic E-state index is -4.63. The molecule has 0 aromatic heterocycles. The number of hydrogen-bond donors (Lipinski definition) is 13. The van der Waals surface area contributed by atoms with E-state index < -0.39 is 173 Å². The van der Waals surface area contributed by atoms with Gasteiger partial charge in [0.1, 0.15) is 47.9 Å². The largest absolute Gasteiger partial charge is 0.481 e. The van der Waals surface area contributed by atoms with Crippen molar-refractivity contribution in [2.24, 2.45) is 28.5 Å². The number of unbranched alkanes of at least 4 members (excludes halogenated alkanes) is 6. The van der Waals surface area contributed by atoms with Gasteiger partial charge in [0.05, 0.1) is 38.6 Å². The SMILES string of the molecule is CCCCN1/C(=C/C=C2\CCCC(/C=C/C3=[N+](CCCCCC(=O)NCCCCCC(=O)NCCCC[C@H]4C(=O)N[C@@H](Cc5ccccc5)C(=O)N[C@@H](CCCNC(=N)N)C(=O)C[C@@H](C)C(=O)N=C(CC(=O)O)C(=O)N[C@@H](CC(C)C)C(=O)N[C@@H](C)C(=O)C[C@@H](Cc5ccccc5)C(=O)N5CCC[C@@H]5C(=O)N4C)c4ccc(S(=O)(=O)O)cc4C3(C)C)=C2Oc2ccc(S(=O)(=O)O)cc2)C(C)(C)c2cc(S(=O)(=O)O)ccc21. The topological polar surface area (TPSA) is 557 Å². The summed E-state index contributed by atoms with van der Waals surface area (Å²) in [6, 6.07) is 23.9. The van der Waals surface area contributed by atoms with Gasteiger partial charge in [-0.05, 0) is 230 Å². The number of amides is 9. The second kappa shape index (κ2) is 52.5. The summed E-state index contributed by atoms with van der Waals surface area (Å²) >= 11 is 0. The minimum Gasteiger partial charge on any atom is -0.481 e. The highest BCUT2D eigenvalue weighted by atomic mass is 32.2. The summed E-state index contributed by atoms with van der Waals surface area (Å²) in [7, 11) is -12.3. The van der Waals surface area contributed by atoms with Crippen LogP contribution in [-0.2, 0) is 112 Å². The number of benzene rings is 5. The predicted octanol–water partition coefficient (Wildman–Crippen LogP) is 11.0. The number of likely N-dealkylation sites (N-methyl/N-ethyl adjacent to an activating group) is 1. The number of aliphatic carboxylic acids is 1. The Labute approximate surface area is 854 Å². The molecule has 0 bridgehead atoms. The molecule has 14 N–H and O–H groups in total. The van der Waals surface area contributed by atoms with Crippen molar-refractivity contribution in [3.05, 3.63) is 190 Å². The first-order valence-electron chi connectivity index (χ1n) is 50.2. The first-order valence-corrected chi connectivity index (χ1v) is 54.5. The van der Waals surface area contributed by atoms with Gasteiger partial charge in [0.2, 0.25) is 52.9 Å². The van der Waals surface area contributed by atoms with Gasteiger partial charge in [-0.1, -0.05) is 121 Å². The maximum Gasteiger partial charge on any atom is 0.309 e. The Morgan fingerprint density at radius 1 is 0.616 bits per heavy atom. The van der Waals surface area contributed by atoms with E-state index in [2.05, 4.69) is 58.6 Å². The van der Waals surface area contributed by atoms with Gasteiger partial charge in [-0.15, -0.1) is 0 Å². The molecular weight excluding hydrogens is 1930 g/mol. The van der Waals surface area contributed by atoms with Crippen LogP contribution in [0.15, 0.2) is 188 Å². The van der Waals surface area contributed by atoms with E-state index in [9.17, 15) is 82.4 Å². The van der Waals surface area contributed by atoms with Crippen molar-refractivity contribution >= 4 is 130 Å². The van der Waals surface area contributed by atoms with Crippen LogP contribution >= 0.6 is 0 Å². The van der Waals surface area contributed by atoms with Gasteiger partial charge in [-0.2, -0.15) is 29.8 Å². The predicted molar refractivity (Wildman–Crippen MR) is 551 cm³/mol. The molecule has 146 heavy (non-hydrogen) atoms. The third kappa shape index (κ3) is 32.1. The molecule has 4 heterocycles. The zero-order valence-corrected chi connectivity index (χ0v) is 87.2. The number of rotatable bonds is 40. The van der Waals surface area contributed by atoms with E-state index in [1.165, 1.54) is 79.2 Å². The highest BCUT2D eigenvalue weighted by Gasteiger charge is 2.48. The van der Waals surface area contributed by atoms with Crippen LogP contribution in [0.2, 0.25) is 0 Å². The van der Waals surface area contributed by atoms with E-state index in [0.717, 1.165) is 41.1 Å². The lowest BCUT2D eigenvalue weighted by atomic mass is 9.81. The Hall–Kier alpha value is -12.8. The van der Waals surface area contributed by atoms with Crippen LogP contribution < -0.4 is 52.6 Å². The van der Waals surface area contributed by atoms with Crippen molar-refractivity contribution in [3.8, 4) is 5.75 Å². The van der Waals surface area contributed by atoms with E-state index in [1.807, 2.05) is 52.0 Å². The molecule has 1 aliphatic carbocycles. The number of aliphatic imine (C=N–C) groups is 1. The molecule has 1 saturated heterocycles. The molecule has 9 amide bonds. The molecule has 0 saturated carbocycles. The number of fused-ring (bicyclic) bond motifs is 3. The number of nitrogens with zero attached hydrogens (tertiary/aromatic N) is 5. The Bertz CT molecular complexity index is 6200. The summed E-state index contributed by atoms with van der Waals surface area (Å²) in [6.07, 6.45) is 13.8. The second-order valence-corrected chi connectivity index (χ2v) is 43.9. The van der Waals surface area contributed by atoms with Crippen LogP contribution in [0.3, 0.4) is 0 Å². The molecule has 0 radical (unpaired) electrons. The van der Waals surface area contributed by atoms with E-state index in [0.29, 0.717) is 124 Å². The molecular formula is C106H141N14O23S3+. The highest BCUT2D eigenvalue weighted by molar-refractivity contribution is 7.86. The summed E-state index contributed by atoms with van der Waals surface area (Å²) < 4.78 is 114. The van der Waals surface area contributed by atoms with Crippen LogP contribution in [-0.4, -0.2) is 229 Å². The van der Waals surface area contributed by atoms with Crippen molar-refractivity contribution in [1.82, 2.24) is 47.0 Å². The van der Waals surface area contributed by atoms with E-state index in [-0.39, 0.29) is 128 Å². The molecule has 40 heteroatoms. The van der Waals surface area contributed by atoms with Gasteiger partial charge in [-0.3, -0.25) is 76.6 Å². The van der Waals surface area contributed by atoms with Crippen LogP contribution in [0, 0.1) is 23.2 Å². The maximum atomic E-state index is 15.4. The van der Waals surface area contributed by atoms with E-state index in [1.54, 1.807) is 86.6 Å². The highest BCUT2D eigenvalue weighted by Crippen LogP contribution is 2.50. The van der Waals surface area contributed by atoms with E-state index >= 15 is 19.2 Å². The second-order valence-electron chi connectivity index (χ2n) is 39.7. The quantitative estimate of drug-likeness (QED) is 0.00569. The number of guanidine groups is 1. The smallest absolute Gasteiger partial charge is 0.309 e. The Balaban J connectivity index is 0.799.